The van der Waals surface area contributed by atoms with E-state index in [0.717, 1.165) is 10.5 Å². The molecule has 8 heteroatoms. The highest BCUT2D eigenvalue weighted by molar-refractivity contribution is 6.21. The fraction of sp³-hybridized carbons (Fsp3) is 0.214. The molecule has 8 nitrogen and oxygen atoms in total. The van der Waals surface area contributed by atoms with Gasteiger partial charge in [0, 0.05) is 13.1 Å². The van der Waals surface area contributed by atoms with Gasteiger partial charge in [-0.15, -0.1) is 0 Å². The van der Waals surface area contributed by atoms with Gasteiger partial charge in [-0.05, 0) is 42.3 Å². The van der Waals surface area contributed by atoms with E-state index in [0.29, 0.717) is 35.5 Å². The molecule has 4 amide bonds. The number of amides is 4. The van der Waals surface area contributed by atoms with Crippen LogP contribution in [0.15, 0.2) is 72.8 Å². The van der Waals surface area contributed by atoms with Crippen LogP contribution in [0.3, 0.4) is 0 Å². The quantitative estimate of drug-likeness (QED) is 0.470. The van der Waals surface area contributed by atoms with Gasteiger partial charge >= 0.3 is 0 Å². The van der Waals surface area contributed by atoms with Gasteiger partial charge in [0.05, 0.1) is 36.9 Å². The third-order valence-corrected chi connectivity index (χ3v) is 6.08. The minimum atomic E-state index is -0.486. The molecule has 0 aromatic heterocycles. The van der Waals surface area contributed by atoms with Gasteiger partial charge in [-0.2, -0.15) is 0 Å². The molecule has 184 valence electrons. The van der Waals surface area contributed by atoms with Gasteiger partial charge in [0.2, 0.25) is 5.91 Å². The molecule has 1 heterocycles. The maximum atomic E-state index is 13.0. The van der Waals surface area contributed by atoms with Gasteiger partial charge < -0.3 is 15.0 Å². The van der Waals surface area contributed by atoms with Gasteiger partial charge in [-0.3, -0.25) is 24.1 Å². The van der Waals surface area contributed by atoms with Crippen molar-refractivity contribution in [2.45, 2.75) is 20.0 Å². The number of benzene rings is 3. The summed E-state index contributed by atoms with van der Waals surface area (Å²) in [4.78, 5) is 54.0. The Kier molecular flexibility index (Phi) is 7.44. The summed E-state index contributed by atoms with van der Waals surface area (Å²) < 4.78 is 5.34. The number of carbonyl (C=O) groups is 4. The number of nitrogens with one attached hydrogen (secondary N) is 1. The zero-order valence-electron chi connectivity index (χ0n) is 20.2. The largest absolute Gasteiger partial charge is 0.496 e. The van der Waals surface area contributed by atoms with E-state index < -0.39 is 5.91 Å². The molecule has 0 unspecified atom stereocenters. The molecule has 0 aliphatic carbocycles. The third kappa shape index (κ3) is 5.12. The highest BCUT2D eigenvalue weighted by atomic mass is 16.5. The molecule has 1 N–H and O–H groups in total. The maximum Gasteiger partial charge on any atom is 0.261 e. The number of hydrogen-bond acceptors (Lipinski definition) is 5. The van der Waals surface area contributed by atoms with Crippen molar-refractivity contribution in [1.82, 2.24) is 15.1 Å². The molecule has 1 aliphatic heterocycles. The summed E-state index contributed by atoms with van der Waals surface area (Å²) in [5.41, 5.74) is 2.53. The highest BCUT2D eigenvalue weighted by Gasteiger charge is 2.35. The van der Waals surface area contributed by atoms with Crippen LogP contribution in [-0.4, -0.2) is 53.6 Å². The average molecular weight is 486 g/mol. The van der Waals surface area contributed by atoms with Crippen molar-refractivity contribution in [1.29, 1.82) is 0 Å². The second-order valence-electron chi connectivity index (χ2n) is 8.35. The maximum absolute atomic E-state index is 13.0. The molecule has 3 aromatic rings. The number of rotatable bonds is 9. The zero-order chi connectivity index (χ0) is 25.7. The lowest BCUT2D eigenvalue weighted by Gasteiger charge is -2.21. The Morgan fingerprint density at radius 3 is 2.14 bits per heavy atom. The minimum absolute atomic E-state index is 0.0102. The Morgan fingerprint density at radius 2 is 1.53 bits per heavy atom. The summed E-state index contributed by atoms with van der Waals surface area (Å²) in [5.74, 6) is -1.12. The van der Waals surface area contributed by atoms with Gasteiger partial charge in [-0.25, -0.2) is 0 Å². The number of carbonyl (C=O) groups excluding carboxylic acids is 4. The van der Waals surface area contributed by atoms with Crippen molar-refractivity contribution in [2.75, 3.05) is 20.2 Å². The molecule has 36 heavy (non-hydrogen) atoms. The minimum Gasteiger partial charge on any atom is -0.496 e. The number of methoxy groups -OCH3 is 1. The second-order valence-corrected chi connectivity index (χ2v) is 8.35. The van der Waals surface area contributed by atoms with Crippen LogP contribution in [-0.2, 0) is 17.9 Å². The average Bonchev–Trinajstić information content (AvgIpc) is 3.15. The summed E-state index contributed by atoms with van der Waals surface area (Å²) >= 11 is 0. The fourth-order valence-corrected chi connectivity index (χ4v) is 4.14. The lowest BCUT2D eigenvalue weighted by molar-refractivity contribution is -0.130. The number of nitrogens with zero attached hydrogens (tertiary/aromatic N) is 2. The first-order valence-electron chi connectivity index (χ1n) is 11.6. The normalized spacial score (nSPS) is 12.3. The topological polar surface area (TPSA) is 96.0 Å². The summed E-state index contributed by atoms with van der Waals surface area (Å²) in [5, 5.41) is 2.67. The monoisotopic (exact) mass is 485 g/mol. The van der Waals surface area contributed by atoms with E-state index in [2.05, 4.69) is 5.32 Å². The van der Waals surface area contributed by atoms with E-state index in [1.165, 1.54) is 7.11 Å². The van der Waals surface area contributed by atoms with Crippen molar-refractivity contribution >= 4 is 23.6 Å². The number of imide groups is 1. The molecule has 0 atom stereocenters. The molecule has 3 aromatic carbocycles. The SMILES string of the molecule is CCN(Cc1ccccc1)C(=O)CNC(=O)c1cc(CN2C(=O)c3ccccc3C2=O)ccc1OC. The molecule has 0 saturated heterocycles. The van der Waals surface area contributed by atoms with Crippen LogP contribution in [0.5, 0.6) is 5.75 Å². The molecule has 0 bridgehead atoms. The molecular formula is C28H27N3O5. The van der Waals surface area contributed by atoms with Crippen molar-refractivity contribution < 1.29 is 23.9 Å². The van der Waals surface area contributed by atoms with Crippen LogP contribution in [0.1, 0.15) is 49.1 Å². The van der Waals surface area contributed by atoms with Crippen molar-refractivity contribution in [3.63, 3.8) is 0 Å². The predicted molar refractivity (Wildman–Crippen MR) is 134 cm³/mol. The van der Waals surface area contributed by atoms with Gasteiger partial charge in [0.1, 0.15) is 5.75 Å². The first kappa shape index (κ1) is 24.7. The Bertz CT molecular complexity index is 1270. The number of fused-ring (bicyclic) bond motifs is 1. The molecule has 4 rings (SSSR count). The summed E-state index contributed by atoms with van der Waals surface area (Å²) in [6.07, 6.45) is 0. The Hall–Kier alpha value is -4.46. The Balaban J connectivity index is 1.44. The first-order chi connectivity index (χ1) is 17.4. The number of likely N-dealkylation sites (N-methyl/N-ethyl adjacent to an activating group) is 1. The first-order valence-corrected chi connectivity index (χ1v) is 11.6. The Labute approximate surface area is 209 Å². The van der Waals surface area contributed by atoms with Crippen molar-refractivity contribution in [3.8, 4) is 5.75 Å². The van der Waals surface area contributed by atoms with Crippen LogP contribution in [0.2, 0.25) is 0 Å². The smallest absolute Gasteiger partial charge is 0.261 e. The number of ether oxygens (including phenoxy) is 1. The lowest BCUT2D eigenvalue weighted by Crippen LogP contribution is -2.39. The molecule has 0 fully saturated rings. The fourth-order valence-electron chi connectivity index (χ4n) is 4.14. The summed E-state index contributed by atoms with van der Waals surface area (Å²) in [7, 11) is 1.44. The summed E-state index contributed by atoms with van der Waals surface area (Å²) in [6.45, 7) is 2.67. The zero-order valence-corrected chi connectivity index (χ0v) is 20.2. The molecule has 1 aliphatic rings. The van der Waals surface area contributed by atoms with Crippen LogP contribution in [0.25, 0.3) is 0 Å². The third-order valence-electron chi connectivity index (χ3n) is 6.08. The standard InChI is InChI=1S/C28H27N3O5/c1-3-30(17-19-9-5-4-6-10-19)25(32)16-29-26(33)23-15-20(13-14-24(23)36-2)18-31-27(34)21-11-7-8-12-22(21)28(31)35/h4-15H,3,16-18H2,1-2H3,(H,29,33). The molecule has 0 spiro atoms. The van der Waals surface area contributed by atoms with Crippen LogP contribution >= 0.6 is 0 Å². The second kappa shape index (κ2) is 10.9. The van der Waals surface area contributed by atoms with E-state index in [9.17, 15) is 19.2 Å². The van der Waals surface area contributed by atoms with Crippen LogP contribution in [0, 0.1) is 0 Å². The molecule has 0 saturated carbocycles. The van der Waals surface area contributed by atoms with E-state index in [1.54, 1.807) is 47.4 Å². The number of hydrogen-bond donors (Lipinski definition) is 1. The van der Waals surface area contributed by atoms with E-state index >= 15 is 0 Å². The van der Waals surface area contributed by atoms with Crippen molar-refractivity contribution in [3.05, 3.63) is 101 Å². The molecular weight excluding hydrogens is 458 g/mol. The van der Waals surface area contributed by atoms with Gasteiger partial charge in [0.25, 0.3) is 17.7 Å². The molecule has 0 radical (unpaired) electrons. The summed E-state index contributed by atoms with van der Waals surface area (Å²) in [6, 6.07) is 21.2. The van der Waals surface area contributed by atoms with Crippen LogP contribution < -0.4 is 10.1 Å². The van der Waals surface area contributed by atoms with E-state index in [-0.39, 0.29) is 36.4 Å². The van der Waals surface area contributed by atoms with E-state index in [1.807, 2.05) is 37.3 Å². The Morgan fingerprint density at radius 1 is 0.889 bits per heavy atom. The van der Waals surface area contributed by atoms with Crippen molar-refractivity contribution in [2.24, 2.45) is 0 Å². The van der Waals surface area contributed by atoms with Gasteiger partial charge in [0.15, 0.2) is 0 Å². The lowest BCUT2D eigenvalue weighted by atomic mass is 10.1. The van der Waals surface area contributed by atoms with Crippen LogP contribution in [0.4, 0.5) is 0 Å². The van der Waals surface area contributed by atoms with Gasteiger partial charge in [-0.1, -0.05) is 48.5 Å². The highest BCUT2D eigenvalue weighted by Crippen LogP contribution is 2.26. The van der Waals surface area contributed by atoms with E-state index in [4.69, 9.17) is 4.74 Å². The predicted octanol–water partition coefficient (Wildman–Crippen LogP) is 3.27.